The number of carbonyl (C=O) groups is 2. The van der Waals surface area contributed by atoms with Gasteiger partial charge in [-0.3, -0.25) is 9.59 Å². The molecule has 0 aliphatic carbocycles. The third kappa shape index (κ3) is 5.83. The standard InChI is InChI=1S/C20H28BCl3N2O4/c1-11(2)9-14(21-29-19(3,4)20(5,6)30-21)26-15(27)10-25-18(28)12-7-8-13(22)17(24)16(12)23/h7-8,11,14H,9-10H2,1-6H3,(H,25,28)(H,26,27)/t14-/m0/s1. The molecule has 30 heavy (non-hydrogen) atoms. The Balaban J connectivity index is 2.01. The molecule has 1 aromatic rings. The van der Waals surface area contributed by atoms with E-state index in [0.717, 1.165) is 0 Å². The van der Waals surface area contributed by atoms with Crippen molar-refractivity contribution >= 4 is 53.7 Å². The van der Waals surface area contributed by atoms with E-state index in [-0.39, 0.29) is 39.0 Å². The van der Waals surface area contributed by atoms with Gasteiger partial charge in [0.25, 0.3) is 5.91 Å². The van der Waals surface area contributed by atoms with Crippen LogP contribution < -0.4 is 10.6 Å². The molecule has 6 nitrogen and oxygen atoms in total. The van der Waals surface area contributed by atoms with Gasteiger partial charge >= 0.3 is 7.12 Å². The van der Waals surface area contributed by atoms with Gasteiger partial charge in [0.05, 0.1) is 44.3 Å². The predicted molar refractivity (Wildman–Crippen MR) is 121 cm³/mol. The number of nitrogens with one attached hydrogen (secondary N) is 2. The fraction of sp³-hybridized carbons (Fsp3) is 0.600. The molecule has 2 N–H and O–H groups in total. The molecule has 1 aromatic carbocycles. The maximum Gasteiger partial charge on any atom is 0.481 e. The molecule has 1 fully saturated rings. The second-order valence-electron chi connectivity index (χ2n) is 8.83. The summed E-state index contributed by atoms with van der Waals surface area (Å²) in [5.41, 5.74) is -0.865. The lowest BCUT2D eigenvalue weighted by Gasteiger charge is -2.32. The molecular formula is C20H28BCl3N2O4. The van der Waals surface area contributed by atoms with Crippen LogP contribution in [0.1, 0.15) is 58.3 Å². The van der Waals surface area contributed by atoms with Crippen LogP contribution in [0.4, 0.5) is 0 Å². The van der Waals surface area contributed by atoms with Gasteiger partial charge in [-0.2, -0.15) is 0 Å². The van der Waals surface area contributed by atoms with Gasteiger partial charge in [-0.05, 0) is 52.2 Å². The monoisotopic (exact) mass is 476 g/mol. The molecule has 2 amide bonds. The highest BCUT2D eigenvalue weighted by Gasteiger charge is 2.54. The number of amides is 2. The maximum atomic E-state index is 12.5. The third-order valence-electron chi connectivity index (χ3n) is 5.36. The van der Waals surface area contributed by atoms with Crippen molar-refractivity contribution in [1.82, 2.24) is 10.6 Å². The molecular weight excluding hydrogens is 449 g/mol. The Hall–Kier alpha value is -0.985. The Labute approximate surface area is 193 Å². The van der Waals surface area contributed by atoms with Crippen LogP contribution in [-0.2, 0) is 14.1 Å². The molecule has 1 heterocycles. The summed E-state index contributed by atoms with van der Waals surface area (Å²) in [4.78, 5) is 24.9. The van der Waals surface area contributed by atoms with Crippen LogP contribution in [0.15, 0.2) is 12.1 Å². The summed E-state index contributed by atoms with van der Waals surface area (Å²) in [6.07, 6.45) is 0.662. The minimum absolute atomic E-state index is 0.0389. The molecule has 0 unspecified atom stereocenters. The molecule has 1 saturated heterocycles. The largest absolute Gasteiger partial charge is 0.481 e. The minimum atomic E-state index is -0.582. The first kappa shape index (κ1) is 25.3. The van der Waals surface area contributed by atoms with E-state index in [9.17, 15) is 9.59 Å². The highest BCUT2D eigenvalue weighted by atomic mass is 35.5. The average molecular weight is 478 g/mol. The molecule has 1 aliphatic rings. The molecule has 0 saturated carbocycles. The topological polar surface area (TPSA) is 76.7 Å². The quantitative estimate of drug-likeness (QED) is 0.447. The summed E-state index contributed by atoms with van der Waals surface area (Å²) in [5, 5.41) is 5.85. The minimum Gasteiger partial charge on any atom is -0.402 e. The lowest BCUT2D eigenvalue weighted by Crippen LogP contribution is -2.51. The van der Waals surface area contributed by atoms with Crippen molar-refractivity contribution in [3.05, 3.63) is 32.8 Å². The van der Waals surface area contributed by atoms with Crippen molar-refractivity contribution in [2.75, 3.05) is 6.54 Å². The Morgan fingerprint density at radius 3 is 2.13 bits per heavy atom. The van der Waals surface area contributed by atoms with Crippen LogP contribution in [0.5, 0.6) is 0 Å². The highest BCUT2D eigenvalue weighted by molar-refractivity contribution is 6.49. The number of benzene rings is 1. The Bertz CT molecular complexity index is 801. The number of halogens is 3. The Kier molecular flexibility index (Phi) is 8.14. The van der Waals surface area contributed by atoms with E-state index in [1.54, 1.807) is 0 Å². The maximum absolute atomic E-state index is 12.5. The Morgan fingerprint density at radius 1 is 1.03 bits per heavy atom. The van der Waals surface area contributed by atoms with Crippen LogP contribution in [0.2, 0.25) is 15.1 Å². The molecule has 0 bridgehead atoms. The summed E-state index contributed by atoms with van der Waals surface area (Å²) < 4.78 is 12.2. The van der Waals surface area contributed by atoms with Gasteiger partial charge in [0.2, 0.25) is 5.91 Å². The summed E-state index contributed by atoms with van der Waals surface area (Å²) in [6, 6.07) is 2.93. The van der Waals surface area contributed by atoms with Crippen LogP contribution in [0, 0.1) is 5.92 Å². The molecule has 10 heteroatoms. The van der Waals surface area contributed by atoms with E-state index in [1.807, 2.05) is 27.7 Å². The van der Waals surface area contributed by atoms with Crippen molar-refractivity contribution < 1.29 is 18.9 Å². The fourth-order valence-electron chi connectivity index (χ4n) is 3.01. The SMILES string of the molecule is CC(C)C[C@H](NC(=O)CNC(=O)c1ccc(Cl)c(Cl)c1Cl)B1OC(C)(C)C(C)(C)O1. The van der Waals surface area contributed by atoms with Gasteiger partial charge in [-0.25, -0.2) is 0 Å². The first-order chi connectivity index (χ1) is 13.7. The van der Waals surface area contributed by atoms with Gasteiger partial charge in [-0.15, -0.1) is 0 Å². The average Bonchev–Trinajstić information content (AvgIpc) is 2.84. The molecule has 0 spiro atoms. The molecule has 0 aromatic heterocycles. The summed E-state index contributed by atoms with van der Waals surface area (Å²) in [5.74, 6) is -0.937. The highest BCUT2D eigenvalue weighted by Crippen LogP contribution is 2.38. The normalized spacial score (nSPS) is 18.4. The fourth-order valence-corrected chi connectivity index (χ4v) is 3.63. The summed E-state index contributed by atoms with van der Waals surface area (Å²) in [6.45, 7) is 11.7. The van der Waals surface area contributed by atoms with Crippen LogP contribution in [0.25, 0.3) is 0 Å². The van der Waals surface area contributed by atoms with E-state index >= 15 is 0 Å². The third-order valence-corrected chi connectivity index (χ3v) is 6.65. The first-order valence-corrected chi connectivity index (χ1v) is 10.9. The van der Waals surface area contributed by atoms with Crippen molar-refractivity contribution in [2.45, 2.75) is 65.1 Å². The van der Waals surface area contributed by atoms with Crippen LogP contribution in [0.3, 0.4) is 0 Å². The van der Waals surface area contributed by atoms with Crippen molar-refractivity contribution in [1.29, 1.82) is 0 Å². The lowest BCUT2D eigenvalue weighted by molar-refractivity contribution is -0.120. The smallest absolute Gasteiger partial charge is 0.402 e. The van der Waals surface area contributed by atoms with Crippen molar-refractivity contribution in [2.24, 2.45) is 5.92 Å². The van der Waals surface area contributed by atoms with E-state index in [1.165, 1.54) is 12.1 Å². The Morgan fingerprint density at radius 2 is 1.60 bits per heavy atom. The number of rotatable bonds is 7. The van der Waals surface area contributed by atoms with E-state index < -0.39 is 24.2 Å². The summed E-state index contributed by atoms with van der Waals surface area (Å²) in [7, 11) is -0.582. The number of hydrogen-bond donors (Lipinski definition) is 2. The molecule has 2 rings (SSSR count). The predicted octanol–water partition coefficient (Wildman–Crippen LogP) is 4.54. The molecule has 1 aliphatic heterocycles. The molecule has 166 valence electrons. The zero-order valence-electron chi connectivity index (χ0n) is 18.1. The zero-order chi connectivity index (χ0) is 22.9. The number of hydrogen-bond acceptors (Lipinski definition) is 4. The van der Waals surface area contributed by atoms with Crippen LogP contribution >= 0.6 is 34.8 Å². The van der Waals surface area contributed by atoms with E-state index in [0.29, 0.717) is 12.3 Å². The van der Waals surface area contributed by atoms with Gasteiger partial charge < -0.3 is 19.9 Å². The van der Waals surface area contributed by atoms with Crippen LogP contribution in [-0.4, -0.2) is 42.6 Å². The molecule has 1 atom stereocenters. The van der Waals surface area contributed by atoms with E-state index in [4.69, 9.17) is 44.1 Å². The zero-order valence-corrected chi connectivity index (χ0v) is 20.3. The van der Waals surface area contributed by atoms with Gasteiger partial charge in [0.1, 0.15) is 0 Å². The second-order valence-corrected chi connectivity index (χ2v) is 10.00. The first-order valence-electron chi connectivity index (χ1n) is 9.82. The van der Waals surface area contributed by atoms with Gasteiger partial charge in [-0.1, -0.05) is 48.7 Å². The number of carbonyl (C=O) groups excluding carboxylic acids is 2. The van der Waals surface area contributed by atoms with E-state index in [2.05, 4.69) is 24.5 Å². The van der Waals surface area contributed by atoms with Gasteiger partial charge in [0.15, 0.2) is 0 Å². The van der Waals surface area contributed by atoms with Gasteiger partial charge in [0, 0.05) is 0 Å². The van der Waals surface area contributed by atoms with Crippen molar-refractivity contribution in [3.63, 3.8) is 0 Å². The second kappa shape index (κ2) is 9.66. The summed E-state index contributed by atoms with van der Waals surface area (Å²) >= 11 is 17.9. The van der Waals surface area contributed by atoms with Crippen molar-refractivity contribution in [3.8, 4) is 0 Å². The molecule has 0 radical (unpaired) electrons. The lowest BCUT2D eigenvalue weighted by atomic mass is 9.74.